The van der Waals surface area contributed by atoms with Crippen molar-refractivity contribution >= 4 is 23.0 Å². The van der Waals surface area contributed by atoms with E-state index in [-0.39, 0.29) is 29.4 Å². The number of halogens is 2. The van der Waals surface area contributed by atoms with Gasteiger partial charge < -0.3 is 5.32 Å². The van der Waals surface area contributed by atoms with Gasteiger partial charge in [-0.15, -0.1) is 0 Å². The third kappa shape index (κ3) is 2.36. The molecule has 24 heavy (non-hydrogen) atoms. The largest absolute Gasteiger partial charge is 0.372 e. The monoisotopic (exact) mass is 344 g/mol. The second-order valence-corrected chi connectivity index (χ2v) is 6.61. The van der Waals surface area contributed by atoms with Crippen LogP contribution in [0.1, 0.15) is 29.5 Å². The van der Waals surface area contributed by atoms with E-state index < -0.39 is 4.92 Å². The second-order valence-electron chi connectivity index (χ2n) is 6.17. The van der Waals surface area contributed by atoms with Crippen LogP contribution >= 0.6 is 11.6 Å². The average Bonchev–Trinajstić information content (AvgIpc) is 3.04. The number of nitro groups is 1. The van der Waals surface area contributed by atoms with Gasteiger partial charge in [-0.25, -0.2) is 4.39 Å². The first-order valence-corrected chi connectivity index (χ1v) is 8.09. The molecule has 2 aliphatic rings. The van der Waals surface area contributed by atoms with Crippen LogP contribution in [0.5, 0.6) is 0 Å². The first kappa shape index (κ1) is 15.1. The molecule has 1 N–H and O–H groups in total. The Balaban J connectivity index is 1.86. The van der Waals surface area contributed by atoms with E-state index in [1.807, 2.05) is 0 Å². The number of rotatable bonds is 2. The minimum absolute atomic E-state index is 0.0247. The van der Waals surface area contributed by atoms with Crippen molar-refractivity contribution in [3.8, 4) is 0 Å². The molecule has 3 unspecified atom stereocenters. The number of benzene rings is 2. The number of nitrogens with zero attached hydrogens (tertiary/aromatic N) is 1. The summed E-state index contributed by atoms with van der Waals surface area (Å²) in [4.78, 5) is 11.0. The highest BCUT2D eigenvalue weighted by Gasteiger charge is 2.40. The quantitative estimate of drug-likeness (QED) is 0.462. The molecule has 1 aliphatic heterocycles. The SMILES string of the molecule is O=[N+]([O-])c1cc(Cl)cc2c1NC(c1ccc(F)cc1)C1CC=CC21. The highest BCUT2D eigenvalue weighted by atomic mass is 35.5. The lowest BCUT2D eigenvalue weighted by atomic mass is 9.77. The Kier molecular flexibility index (Phi) is 3.53. The topological polar surface area (TPSA) is 55.2 Å². The van der Waals surface area contributed by atoms with Crippen LogP contribution in [0.25, 0.3) is 0 Å². The van der Waals surface area contributed by atoms with E-state index in [1.165, 1.54) is 18.2 Å². The van der Waals surface area contributed by atoms with E-state index in [0.29, 0.717) is 10.7 Å². The summed E-state index contributed by atoms with van der Waals surface area (Å²) in [6.45, 7) is 0. The van der Waals surface area contributed by atoms with Crippen LogP contribution in [-0.4, -0.2) is 4.92 Å². The number of anilines is 1. The van der Waals surface area contributed by atoms with Gasteiger partial charge in [0, 0.05) is 17.0 Å². The molecule has 6 heteroatoms. The van der Waals surface area contributed by atoms with Crippen LogP contribution in [0, 0.1) is 21.8 Å². The lowest BCUT2D eigenvalue weighted by molar-refractivity contribution is -0.384. The van der Waals surface area contributed by atoms with Gasteiger partial charge in [0.2, 0.25) is 0 Å². The van der Waals surface area contributed by atoms with Crippen molar-refractivity contribution in [2.45, 2.75) is 18.4 Å². The van der Waals surface area contributed by atoms with Gasteiger partial charge >= 0.3 is 0 Å². The minimum Gasteiger partial charge on any atom is -0.372 e. The molecule has 0 amide bonds. The standard InChI is InChI=1S/C18H14ClFN2O2/c19-11-8-15-13-2-1-3-14(13)17(10-4-6-12(20)7-5-10)21-18(15)16(9-11)22(23)24/h1-2,4-9,13-14,17,21H,3H2. The predicted molar refractivity (Wildman–Crippen MR) is 90.9 cm³/mol. The fourth-order valence-electron chi connectivity index (χ4n) is 3.79. The van der Waals surface area contributed by atoms with Gasteiger partial charge in [-0.2, -0.15) is 0 Å². The summed E-state index contributed by atoms with van der Waals surface area (Å²) in [5.41, 5.74) is 2.26. The van der Waals surface area contributed by atoms with Gasteiger partial charge in [-0.3, -0.25) is 10.1 Å². The van der Waals surface area contributed by atoms with Crippen molar-refractivity contribution in [3.63, 3.8) is 0 Å². The zero-order chi connectivity index (χ0) is 16.8. The molecular weight excluding hydrogens is 331 g/mol. The number of hydrogen-bond donors (Lipinski definition) is 1. The molecule has 122 valence electrons. The number of allylic oxidation sites excluding steroid dienone is 2. The summed E-state index contributed by atoms with van der Waals surface area (Å²) in [6, 6.07) is 9.35. The van der Waals surface area contributed by atoms with E-state index in [2.05, 4.69) is 17.5 Å². The molecule has 0 saturated carbocycles. The highest BCUT2D eigenvalue weighted by molar-refractivity contribution is 6.31. The second kappa shape index (κ2) is 5.60. The van der Waals surface area contributed by atoms with Crippen molar-refractivity contribution in [1.29, 1.82) is 0 Å². The van der Waals surface area contributed by atoms with Gasteiger partial charge in [0.15, 0.2) is 0 Å². The Bertz CT molecular complexity index is 851. The van der Waals surface area contributed by atoms with Crippen LogP contribution in [0.3, 0.4) is 0 Å². The molecular formula is C18H14ClFN2O2. The third-order valence-electron chi connectivity index (χ3n) is 4.84. The van der Waals surface area contributed by atoms with Crippen LogP contribution in [-0.2, 0) is 0 Å². The summed E-state index contributed by atoms with van der Waals surface area (Å²) in [5, 5.41) is 15.1. The predicted octanol–water partition coefficient (Wildman–Crippen LogP) is 5.21. The van der Waals surface area contributed by atoms with Crippen LogP contribution in [0.4, 0.5) is 15.8 Å². The van der Waals surface area contributed by atoms with E-state index in [1.54, 1.807) is 18.2 Å². The molecule has 0 aromatic heterocycles. The summed E-state index contributed by atoms with van der Waals surface area (Å²) in [5.74, 6) is -0.0106. The fraction of sp³-hybridized carbons (Fsp3) is 0.222. The maximum absolute atomic E-state index is 13.2. The number of hydrogen-bond acceptors (Lipinski definition) is 3. The van der Waals surface area contributed by atoms with Crippen LogP contribution in [0.2, 0.25) is 5.02 Å². The zero-order valence-corrected chi connectivity index (χ0v) is 13.3. The first-order valence-electron chi connectivity index (χ1n) is 7.71. The third-order valence-corrected chi connectivity index (χ3v) is 5.06. The van der Waals surface area contributed by atoms with Gasteiger partial charge in [-0.1, -0.05) is 35.9 Å². The van der Waals surface area contributed by atoms with Crippen molar-refractivity contribution in [1.82, 2.24) is 0 Å². The van der Waals surface area contributed by atoms with Crippen molar-refractivity contribution in [2.75, 3.05) is 5.32 Å². The summed E-state index contributed by atoms with van der Waals surface area (Å²) in [7, 11) is 0. The molecule has 0 bridgehead atoms. The molecule has 4 nitrogen and oxygen atoms in total. The zero-order valence-electron chi connectivity index (χ0n) is 12.6. The Morgan fingerprint density at radius 3 is 2.71 bits per heavy atom. The molecule has 4 rings (SSSR count). The maximum atomic E-state index is 13.2. The molecule has 0 saturated heterocycles. The Morgan fingerprint density at radius 2 is 2.00 bits per heavy atom. The Labute approximate surface area is 143 Å². The first-order chi connectivity index (χ1) is 11.5. The molecule has 1 heterocycles. The molecule has 2 aromatic carbocycles. The van der Waals surface area contributed by atoms with Gasteiger partial charge in [-0.05, 0) is 41.7 Å². The Morgan fingerprint density at radius 1 is 1.25 bits per heavy atom. The van der Waals surface area contributed by atoms with E-state index in [9.17, 15) is 14.5 Å². The average molecular weight is 345 g/mol. The number of nitrogens with one attached hydrogen (secondary N) is 1. The molecule has 3 atom stereocenters. The summed E-state index contributed by atoms with van der Waals surface area (Å²) < 4.78 is 13.2. The molecule has 0 radical (unpaired) electrons. The minimum atomic E-state index is -0.418. The highest BCUT2D eigenvalue weighted by Crippen LogP contribution is 2.52. The number of fused-ring (bicyclic) bond motifs is 3. The van der Waals surface area contributed by atoms with Crippen molar-refractivity contribution in [3.05, 3.63) is 80.6 Å². The molecule has 1 aliphatic carbocycles. The number of nitro benzene ring substituents is 1. The molecule has 0 spiro atoms. The van der Waals surface area contributed by atoms with Crippen LogP contribution < -0.4 is 5.32 Å². The lowest BCUT2D eigenvalue weighted by Crippen LogP contribution is -2.29. The molecule has 2 aromatic rings. The lowest BCUT2D eigenvalue weighted by Gasteiger charge is -2.37. The Hall–Kier alpha value is -2.40. The smallest absolute Gasteiger partial charge is 0.294 e. The normalized spacial score (nSPS) is 24.2. The van der Waals surface area contributed by atoms with Gasteiger partial charge in [0.25, 0.3) is 5.69 Å². The van der Waals surface area contributed by atoms with Crippen LogP contribution in [0.15, 0.2) is 48.6 Å². The van der Waals surface area contributed by atoms with Crippen molar-refractivity contribution < 1.29 is 9.31 Å². The summed E-state index contributed by atoms with van der Waals surface area (Å²) >= 11 is 6.09. The fourth-order valence-corrected chi connectivity index (χ4v) is 4.01. The van der Waals surface area contributed by atoms with E-state index >= 15 is 0 Å². The van der Waals surface area contributed by atoms with Gasteiger partial charge in [0.1, 0.15) is 11.5 Å². The van der Waals surface area contributed by atoms with E-state index in [0.717, 1.165) is 17.5 Å². The van der Waals surface area contributed by atoms with Crippen molar-refractivity contribution in [2.24, 2.45) is 5.92 Å². The molecule has 0 fully saturated rings. The summed E-state index contributed by atoms with van der Waals surface area (Å²) in [6.07, 6.45) is 5.04. The van der Waals surface area contributed by atoms with Gasteiger partial charge in [0.05, 0.1) is 11.0 Å². The maximum Gasteiger partial charge on any atom is 0.294 e. The van der Waals surface area contributed by atoms with E-state index in [4.69, 9.17) is 11.6 Å².